The minimum atomic E-state index is -0.193. The Balaban J connectivity index is 2.36. The van der Waals surface area contributed by atoms with Crippen molar-refractivity contribution in [3.8, 4) is 0 Å². The number of unbranched alkanes of at least 4 members (excludes halogenated alkanes) is 1. The normalized spacial score (nSPS) is 10.9. The Morgan fingerprint density at radius 1 is 1.43 bits per heavy atom. The monoisotopic (exact) mass is 314 g/mol. The van der Waals surface area contributed by atoms with Gasteiger partial charge >= 0.3 is 0 Å². The summed E-state index contributed by atoms with van der Waals surface area (Å²) in [6, 6.07) is 0. The summed E-state index contributed by atoms with van der Waals surface area (Å²) in [4.78, 5) is 16.6. The topological polar surface area (TPSA) is 89.3 Å². The molecule has 21 heavy (non-hydrogen) atoms. The molecular weight excluding hydrogens is 288 g/mol. The molecule has 120 valence electrons. The quantitative estimate of drug-likeness (QED) is 0.577. The predicted octanol–water partition coefficient (Wildman–Crippen LogP) is 2.34. The number of carbonyl (C=O) groups excluding carboxylic acids is 1. The molecule has 1 heterocycles. The number of hydrogen-bond donors (Lipinski definition) is 3. The van der Waals surface area contributed by atoms with Crippen molar-refractivity contribution in [2.45, 2.75) is 33.6 Å². The Kier molecular flexibility index (Phi) is 8.07. The number of ether oxygens (including phenoxy) is 1. The number of carbonyl (C=O) groups is 1. The van der Waals surface area contributed by atoms with Gasteiger partial charge in [0.2, 0.25) is 0 Å². The lowest BCUT2D eigenvalue weighted by atomic mass is 10.2. The Morgan fingerprint density at radius 3 is 2.86 bits per heavy atom. The summed E-state index contributed by atoms with van der Waals surface area (Å²) in [5.41, 5.74) is 5.79. The van der Waals surface area contributed by atoms with Gasteiger partial charge in [-0.15, -0.1) is 0 Å². The smallest absolute Gasteiger partial charge is 0.265 e. The minimum Gasteiger partial charge on any atom is -0.382 e. The summed E-state index contributed by atoms with van der Waals surface area (Å²) in [6.07, 6.45) is 2.15. The van der Waals surface area contributed by atoms with Crippen LogP contribution in [0.4, 0.5) is 10.9 Å². The van der Waals surface area contributed by atoms with Crippen molar-refractivity contribution >= 4 is 28.2 Å². The zero-order valence-electron chi connectivity index (χ0n) is 13.1. The second kappa shape index (κ2) is 9.57. The fourth-order valence-electron chi connectivity index (χ4n) is 1.53. The Morgan fingerprint density at radius 2 is 2.19 bits per heavy atom. The molecule has 0 bridgehead atoms. The van der Waals surface area contributed by atoms with E-state index in [9.17, 15) is 4.79 Å². The Bertz CT molecular complexity index is 435. The second-order valence-electron chi connectivity index (χ2n) is 5.23. The number of thiazole rings is 1. The molecule has 0 saturated carbocycles. The van der Waals surface area contributed by atoms with Gasteiger partial charge in [-0.1, -0.05) is 38.5 Å². The van der Waals surface area contributed by atoms with Crippen LogP contribution in [0, 0.1) is 5.92 Å². The zero-order chi connectivity index (χ0) is 15.7. The highest BCUT2D eigenvalue weighted by atomic mass is 32.1. The van der Waals surface area contributed by atoms with Crippen LogP contribution in [0.2, 0.25) is 0 Å². The summed E-state index contributed by atoms with van der Waals surface area (Å²) >= 11 is 1.28. The molecule has 1 aromatic rings. The molecule has 0 atom stereocenters. The third-order valence-corrected chi connectivity index (χ3v) is 3.72. The number of nitrogens with zero attached hydrogens (tertiary/aromatic N) is 1. The van der Waals surface area contributed by atoms with Crippen molar-refractivity contribution in [2.75, 3.05) is 37.4 Å². The average Bonchev–Trinajstić information content (AvgIpc) is 2.81. The number of hydrogen-bond acceptors (Lipinski definition) is 6. The van der Waals surface area contributed by atoms with Crippen molar-refractivity contribution in [3.05, 3.63) is 4.88 Å². The van der Waals surface area contributed by atoms with Crippen LogP contribution in [0.1, 0.15) is 43.3 Å². The lowest BCUT2D eigenvalue weighted by Crippen LogP contribution is -2.27. The van der Waals surface area contributed by atoms with Gasteiger partial charge in [0.05, 0.1) is 6.61 Å². The molecule has 1 rings (SSSR count). The van der Waals surface area contributed by atoms with Crippen molar-refractivity contribution < 1.29 is 9.53 Å². The number of amides is 1. The van der Waals surface area contributed by atoms with Crippen LogP contribution in [-0.4, -0.2) is 37.2 Å². The fourth-order valence-corrected chi connectivity index (χ4v) is 2.34. The average molecular weight is 314 g/mol. The summed E-state index contributed by atoms with van der Waals surface area (Å²) in [6.45, 7) is 8.87. The van der Waals surface area contributed by atoms with Crippen LogP contribution in [-0.2, 0) is 4.74 Å². The highest BCUT2D eigenvalue weighted by molar-refractivity contribution is 7.18. The van der Waals surface area contributed by atoms with E-state index in [1.165, 1.54) is 11.3 Å². The van der Waals surface area contributed by atoms with E-state index in [4.69, 9.17) is 10.5 Å². The highest BCUT2D eigenvalue weighted by Gasteiger charge is 2.15. The first-order chi connectivity index (χ1) is 10.0. The first kappa shape index (κ1) is 17.7. The number of nitrogens with two attached hydrogens (primary N) is 1. The number of nitrogen functional groups attached to an aromatic ring is 1. The van der Waals surface area contributed by atoms with Crippen LogP contribution in [0.15, 0.2) is 0 Å². The van der Waals surface area contributed by atoms with Crippen molar-refractivity contribution in [2.24, 2.45) is 5.92 Å². The predicted molar refractivity (Wildman–Crippen MR) is 87.9 cm³/mol. The van der Waals surface area contributed by atoms with Gasteiger partial charge in [0.1, 0.15) is 10.7 Å². The molecule has 0 aliphatic carbocycles. The molecule has 7 heteroatoms. The van der Waals surface area contributed by atoms with Gasteiger partial charge in [-0.25, -0.2) is 4.98 Å². The number of aromatic nitrogens is 1. The van der Waals surface area contributed by atoms with E-state index in [0.717, 1.165) is 26.0 Å². The maximum atomic E-state index is 12.0. The van der Waals surface area contributed by atoms with E-state index in [2.05, 4.69) is 36.4 Å². The number of rotatable bonds is 10. The van der Waals surface area contributed by atoms with Gasteiger partial charge in [0.25, 0.3) is 5.91 Å². The molecule has 0 spiro atoms. The largest absolute Gasteiger partial charge is 0.382 e. The van der Waals surface area contributed by atoms with Crippen molar-refractivity contribution in [3.63, 3.8) is 0 Å². The van der Waals surface area contributed by atoms with E-state index in [0.29, 0.717) is 29.1 Å². The van der Waals surface area contributed by atoms with E-state index < -0.39 is 0 Å². The summed E-state index contributed by atoms with van der Waals surface area (Å²) < 4.78 is 5.39. The molecule has 0 fully saturated rings. The van der Waals surface area contributed by atoms with Crippen molar-refractivity contribution in [1.82, 2.24) is 10.3 Å². The van der Waals surface area contributed by atoms with Crippen LogP contribution in [0.3, 0.4) is 0 Å². The third kappa shape index (κ3) is 6.77. The molecular formula is C14H26N4O2S. The maximum Gasteiger partial charge on any atom is 0.265 e. The van der Waals surface area contributed by atoms with Crippen LogP contribution in [0.5, 0.6) is 0 Å². The molecule has 6 nitrogen and oxygen atoms in total. The van der Waals surface area contributed by atoms with E-state index in [-0.39, 0.29) is 11.7 Å². The minimum absolute atomic E-state index is 0.193. The molecule has 0 aromatic carbocycles. The summed E-state index contributed by atoms with van der Waals surface area (Å²) in [5.74, 6) is 0.588. The number of anilines is 2. The van der Waals surface area contributed by atoms with Gasteiger partial charge in [0, 0.05) is 19.7 Å². The molecule has 1 amide bonds. The van der Waals surface area contributed by atoms with Crippen LogP contribution < -0.4 is 16.4 Å². The lowest BCUT2D eigenvalue weighted by Gasteiger charge is -2.05. The van der Waals surface area contributed by atoms with E-state index in [1.54, 1.807) is 0 Å². The highest BCUT2D eigenvalue weighted by Crippen LogP contribution is 2.24. The first-order valence-electron chi connectivity index (χ1n) is 7.40. The number of nitrogens with one attached hydrogen (secondary N) is 2. The molecule has 0 saturated heterocycles. The Labute approximate surface area is 130 Å². The van der Waals surface area contributed by atoms with E-state index >= 15 is 0 Å². The lowest BCUT2D eigenvalue weighted by molar-refractivity contribution is 0.0917. The van der Waals surface area contributed by atoms with Crippen molar-refractivity contribution in [1.29, 1.82) is 0 Å². The summed E-state index contributed by atoms with van der Waals surface area (Å²) in [7, 11) is 0. The standard InChI is InChI=1S/C14H26N4O2S/c1-4-5-7-20-8-6-16-13(19)11-12(15)18-14(21-11)17-9-10(2)3/h10H,4-9,15H2,1-3H3,(H,16,19)(H,17,18). The van der Waals surface area contributed by atoms with Gasteiger partial charge in [-0.3, -0.25) is 4.79 Å². The fraction of sp³-hybridized carbons (Fsp3) is 0.714. The molecule has 0 aliphatic rings. The van der Waals surface area contributed by atoms with Crippen LogP contribution in [0.25, 0.3) is 0 Å². The first-order valence-corrected chi connectivity index (χ1v) is 8.22. The SMILES string of the molecule is CCCCOCCNC(=O)c1sc(NCC(C)C)nc1N. The molecule has 0 aliphatic heterocycles. The third-order valence-electron chi connectivity index (χ3n) is 2.70. The van der Waals surface area contributed by atoms with Crippen LogP contribution >= 0.6 is 11.3 Å². The molecule has 0 radical (unpaired) electrons. The van der Waals surface area contributed by atoms with Gasteiger partial charge in [-0.2, -0.15) is 0 Å². The summed E-state index contributed by atoms with van der Waals surface area (Å²) in [5, 5.41) is 6.65. The molecule has 4 N–H and O–H groups in total. The molecule has 1 aromatic heterocycles. The van der Waals surface area contributed by atoms with E-state index in [1.807, 2.05) is 0 Å². The van der Waals surface area contributed by atoms with Gasteiger partial charge in [0.15, 0.2) is 5.13 Å². The molecule has 0 unspecified atom stereocenters. The second-order valence-corrected chi connectivity index (χ2v) is 6.23. The van der Waals surface area contributed by atoms with Gasteiger partial charge in [-0.05, 0) is 12.3 Å². The van der Waals surface area contributed by atoms with Gasteiger partial charge < -0.3 is 21.1 Å². The maximum absolute atomic E-state index is 12.0. The Hall–Kier alpha value is -1.34. The zero-order valence-corrected chi connectivity index (χ0v) is 13.9.